The number of hydrogen-bond acceptors (Lipinski definition) is 4. The van der Waals surface area contributed by atoms with Gasteiger partial charge in [0.15, 0.2) is 0 Å². The lowest BCUT2D eigenvalue weighted by Crippen LogP contribution is -2.40. The first-order valence-electron chi connectivity index (χ1n) is 10.1. The maximum absolute atomic E-state index is 12.7. The Hall–Kier alpha value is -2.70. The van der Waals surface area contributed by atoms with Crippen molar-refractivity contribution in [2.75, 3.05) is 13.1 Å². The van der Waals surface area contributed by atoms with E-state index in [2.05, 4.69) is 10.1 Å². The average molecular weight is 381 g/mol. The van der Waals surface area contributed by atoms with E-state index in [0.717, 1.165) is 43.7 Å². The number of pyridine rings is 1. The third kappa shape index (κ3) is 3.93. The van der Waals surface area contributed by atoms with Crippen LogP contribution in [0.1, 0.15) is 37.1 Å². The summed E-state index contributed by atoms with van der Waals surface area (Å²) in [5.41, 5.74) is 2.01. The van der Waals surface area contributed by atoms with E-state index in [0.29, 0.717) is 19.4 Å². The third-order valence-electron chi connectivity index (χ3n) is 5.83. The van der Waals surface area contributed by atoms with Gasteiger partial charge in [-0.1, -0.05) is 6.07 Å². The largest absolute Gasteiger partial charge is 0.337 e. The molecular formula is C21H27N5O2. The Morgan fingerprint density at radius 3 is 2.89 bits per heavy atom. The minimum Gasteiger partial charge on any atom is -0.337 e. The van der Waals surface area contributed by atoms with Gasteiger partial charge in [0.25, 0.3) is 0 Å². The van der Waals surface area contributed by atoms with Crippen LogP contribution in [-0.2, 0) is 22.6 Å². The van der Waals surface area contributed by atoms with Gasteiger partial charge in [0.1, 0.15) is 0 Å². The highest BCUT2D eigenvalue weighted by molar-refractivity contribution is 5.83. The molecule has 2 atom stereocenters. The molecule has 2 aliphatic rings. The Labute approximate surface area is 165 Å². The van der Waals surface area contributed by atoms with Crippen molar-refractivity contribution in [2.24, 2.45) is 0 Å². The SMILES string of the molecule is Cc1cccc(CCN2C(=O)C[C@H]3[C@@H]2CCN3C(=O)CCCn2cccn2)n1. The number of amides is 2. The van der Waals surface area contributed by atoms with Crippen molar-refractivity contribution < 1.29 is 9.59 Å². The summed E-state index contributed by atoms with van der Waals surface area (Å²) >= 11 is 0. The van der Waals surface area contributed by atoms with Gasteiger partial charge in [0.2, 0.25) is 11.8 Å². The van der Waals surface area contributed by atoms with E-state index >= 15 is 0 Å². The van der Waals surface area contributed by atoms with Crippen molar-refractivity contribution in [1.82, 2.24) is 24.6 Å². The lowest BCUT2D eigenvalue weighted by molar-refractivity contribution is -0.132. The van der Waals surface area contributed by atoms with Crippen molar-refractivity contribution in [3.8, 4) is 0 Å². The van der Waals surface area contributed by atoms with E-state index < -0.39 is 0 Å². The summed E-state index contributed by atoms with van der Waals surface area (Å²) in [5.74, 6) is 0.325. The first-order chi connectivity index (χ1) is 13.6. The van der Waals surface area contributed by atoms with Gasteiger partial charge in [-0.2, -0.15) is 5.10 Å². The fourth-order valence-corrected chi connectivity index (χ4v) is 4.47. The van der Waals surface area contributed by atoms with Crippen LogP contribution in [-0.4, -0.2) is 61.6 Å². The fourth-order valence-electron chi connectivity index (χ4n) is 4.47. The zero-order chi connectivity index (χ0) is 19.5. The van der Waals surface area contributed by atoms with Gasteiger partial charge < -0.3 is 9.80 Å². The summed E-state index contributed by atoms with van der Waals surface area (Å²) < 4.78 is 1.85. The molecule has 7 heteroatoms. The van der Waals surface area contributed by atoms with Crippen LogP contribution in [0.3, 0.4) is 0 Å². The van der Waals surface area contributed by atoms with Gasteiger partial charge >= 0.3 is 0 Å². The minimum atomic E-state index is 0.0372. The number of nitrogens with zero attached hydrogens (tertiary/aromatic N) is 5. The van der Waals surface area contributed by atoms with E-state index in [4.69, 9.17) is 0 Å². The molecule has 0 spiro atoms. The second kappa shape index (κ2) is 8.12. The molecule has 0 saturated carbocycles. The molecule has 7 nitrogen and oxygen atoms in total. The summed E-state index contributed by atoms with van der Waals surface area (Å²) in [6.45, 7) is 4.16. The van der Waals surface area contributed by atoms with Gasteiger partial charge in [-0.25, -0.2) is 0 Å². The highest BCUT2D eigenvalue weighted by Crippen LogP contribution is 2.33. The fraction of sp³-hybridized carbons (Fsp3) is 0.524. The molecule has 0 N–H and O–H groups in total. The number of rotatable bonds is 7. The molecule has 0 bridgehead atoms. The summed E-state index contributed by atoms with van der Waals surface area (Å²) in [4.78, 5) is 33.7. The van der Waals surface area contributed by atoms with Crippen LogP contribution in [0.15, 0.2) is 36.7 Å². The number of carbonyl (C=O) groups is 2. The summed E-state index contributed by atoms with van der Waals surface area (Å²) in [6.07, 6.45) is 7.02. The van der Waals surface area contributed by atoms with E-state index in [1.165, 1.54) is 0 Å². The number of fused-ring (bicyclic) bond motifs is 1. The number of aromatic nitrogens is 3. The van der Waals surface area contributed by atoms with Crippen LogP contribution in [0.25, 0.3) is 0 Å². The Balaban J connectivity index is 1.31. The first-order valence-corrected chi connectivity index (χ1v) is 10.1. The molecule has 28 heavy (non-hydrogen) atoms. The maximum Gasteiger partial charge on any atom is 0.225 e. The molecule has 2 aromatic heterocycles. The van der Waals surface area contributed by atoms with E-state index in [1.54, 1.807) is 6.20 Å². The van der Waals surface area contributed by atoms with E-state index in [1.807, 2.05) is 51.9 Å². The number of carbonyl (C=O) groups excluding carboxylic acids is 2. The topological polar surface area (TPSA) is 71.3 Å². The van der Waals surface area contributed by atoms with Gasteiger partial charge in [-0.15, -0.1) is 0 Å². The molecule has 2 amide bonds. The highest BCUT2D eigenvalue weighted by atomic mass is 16.2. The van der Waals surface area contributed by atoms with Gasteiger partial charge in [-0.05, 0) is 38.0 Å². The Kier molecular flexibility index (Phi) is 5.41. The van der Waals surface area contributed by atoms with E-state index in [9.17, 15) is 9.59 Å². The second-order valence-corrected chi connectivity index (χ2v) is 7.69. The smallest absolute Gasteiger partial charge is 0.225 e. The summed E-state index contributed by atoms with van der Waals surface area (Å²) in [5, 5.41) is 4.17. The predicted molar refractivity (Wildman–Crippen MR) is 104 cm³/mol. The highest BCUT2D eigenvalue weighted by Gasteiger charge is 2.47. The predicted octanol–water partition coefficient (Wildman–Crippen LogP) is 1.81. The van der Waals surface area contributed by atoms with Crippen molar-refractivity contribution in [2.45, 2.75) is 57.7 Å². The molecule has 2 saturated heterocycles. The third-order valence-corrected chi connectivity index (χ3v) is 5.83. The average Bonchev–Trinajstić information content (AvgIpc) is 3.38. The van der Waals surface area contributed by atoms with Crippen molar-refractivity contribution in [3.63, 3.8) is 0 Å². The lowest BCUT2D eigenvalue weighted by Gasteiger charge is -2.25. The van der Waals surface area contributed by atoms with Gasteiger partial charge in [0, 0.05) is 62.7 Å². The van der Waals surface area contributed by atoms with Crippen LogP contribution in [0.5, 0.6) is 0 Å². The maximum atomic E-state index is 12.7. The summed E-state index contributed by atoms with van der Waals surface area (Å²) in [6, 6.07) is 8.08. The standard InChI is InChI=1S/C21H27N5O2/c1-16-5-2-6-17(23-16)8-13-25-18-9-14-26(19(18)15-21(25)28)20(27)7-3-11-24-12-4-10-22-24/h2,4-6,10,12,18-19H,3,7-9,11,13-15H2,1H3/t18-,19-/m0/s1. The molecule has 148 valence electrons. The zero-order valence-corrected chi connectivity index (χ0v) is 16.3. The number of likely N-dealkylation sites (tertiary alicyclic amines) is 2. The molecule has 2 aromatic rings. The quantitative estimate of drug-likeness (QED) is 0.733. The minimum absolute atomic E-state index is 0.0372. The molecule has 0 unspecified atom stereocenters. The van der Waals surface area contributed by atoms with Crippen LogP contribution >= 0.6 is 0 Å². The van der Waals surface area contributed by atoms with Crippen molar-refractivity contribution in [3.05, 3.63) is 48.0 Å². The molecule has 0 aliphatic carbocycles. The molecule has 0 radical (unpaired) electrons. The van der Waals surface area contributed by atoms with Crippen molar-refractivity contribution >= 4 is 11.8 Å². The number of hydrogen-bond donors (Lipinski definition) is 0. The zero-order valence-electron chi connectivity index (χ0n) is 16.3. The van der Waals surface area contributed by atoms with Crippen LogP contribution < -0.4 is 0 Å². The Morgan fingerprint density at radius 1 is 1.21 bits per heavy atom. The molecule has 0 aromatic carbocycles. The summed E-state index contributed by atoms with van der Waals surface area (Å²) in [7, 11) is 0. The first kappa shape index (κ1) is 18.7. The lowest BCUT2D eigenvalue weighted by atomic mass is 10.1. The van der Waals surface area contributed by atoms with Crippen LogP contribution in [0.4, 0.5) is 0 Å². The second-order valence-electron chi connectivity index (χ2n) is 7.69. The van der Waals surface area contributed by atoms with Crippen LogP contribution in [0, 0.1) is 6.92 Å². The molecule has 2 aliphatic heterocycles. The molecular weight excluding hydrogens is 354 g/mol. The van der Waals surface area contributed by atoms with Crippen molar-refractivity contribution in [1.29, 1.82) is 0 Å². The monoisotopic (exact) mass is 381 g/mol. The van der Waals surface area contributed by atoms with Gasteiger partial charge in [0.05, 0.1) is 12.1 Å². The normalized spacial score (nSPS) is 21.4. The number of aryl methyl sites for hydroxylation is 2. The van der Waals surface area contributed by atoms with Gasteiger partial charge in [-0.3, -0.25) is 19.3 Å². The molecule has 4 rings (SSSR count). The Morgan fingerprint density at radius 2 is 2.11 bits per heavy atom. The molecule has 4 heterocycles. The Bertz CT molecular complexity index is 835. The molecule has 2 fully saturated rings. The van der Waals surface area contributed by atoms with E-state index in [-0.39, 0.29) is 23.9 Å². The van der Waals surface area contributed by atoms with Crippen LogP contribution in [0.2, 0.25) is 0 Å².